The standard InChI is InChI=1S/C75H67NO/c1-4-5-6-7-8-9-10-11-12-13-23-53-46-51(2)47-57(48-53)56-35-34-52(3)68(49-56)55-38-42-59(43-39-55)76(58-40-36-54(37-41-58)61-28-22-29-67-66-27-17-21-33-73(66)77-74(61)67)60-44-45-65-64-26-16-20-32-71(64)75(72(65)50-60)69-30-18-14-24-62(69)63-25-15-19-31-70(63)75/h14-22,24-50H,4-13,23H2,1-3H3. The molecule has 0 fully saturated rings. The molecule has 0 N–H and O–H groups in total. The minimum Gasteiger partial charge on any atom is -0.455 e. The molecule has 2 heteroatoms. The van der Waals surface area contributed by atoms with Crippen LogP contribution in [0.25, 0.3) is 77.6 Å². The third-order valence-corrected chi connectivity index (χ3v) is 17.0. The van der Waals surface area contributed by atoms with E-state index in [0.29, 0.717) is 0 Å². The number of hydrogen-bond acceptors (Lipinski definition) is 2. The molecule has 0 aliphatic heterocycles. The molecule has 0 saturated carbocycles. The quantitative estimate of drug-likeness (QED) is 0.0845. The monoisotopic (exact) mass is 998 g/mol. The highest BCUT2D eigenvalue weighted by Crippen LogP contribution is 2.63. The van der Waals surface area contributed by atoms with Crippen molar-refractivity contribution in [3.05, 3.63) is 257 Å². The highest BCUT2D eigenvalue weighted by molar-refractivity contribution is 6.09. The summed E-state index contributed by atoms with van der Waals surface area (Å²) in [5.74, 6) is 0. The lowest BCUT2D eigenvalue weighted by molar-refractivity contribution is 0.556. The fourth-order valence-electron chi connectivity index (χ4n) is 13.3. The van der Waals surface area contributed by atoms with Gasteiger partial charge in [0.05, 0.1) is 5.41 Å². The first-order valence-corrected chi connectivity index (χ1v) is 28.5. The number of fused-ring (bicyclic) bond motifs is 13. The van der Waals surface area contributed by atoms with E-state index in [0.717, 1.165) is 56.5 Å². The molecule has 0 atom stereocenters. The van der Waals surface area contributed by atoms with Gasteiger partial charge in [0, 0.05) is 33.4 Å². The third-order valence-electron chi connectivity index (χ3n) is 17.0. The zero-order valence-electron chi connectivity index (χ0n) is 44.9. The average molecular weight is 998 g/mol. The van der Waals surface area contributed by atoms with Crippen LogP contribution in [-0.2, 0) is 11.8 Å². The predicted molar refractivity (Wildman–Crippen MR) is 326 cm³/mol. The molecule has 0 radical (unpaired) electrons. The minimum absolute atomic E-state index is 0.451. The van der Waals surface area contributed by atoms with Gasteiger partial charge in [0.15, 0.2) is 0 Å². The van der Waals surface area contributed by atoms with Crippen LogP contribution >= 0.6 is 0 Å². The number of benzene rings is 10. The second kappa shape index (κ2) is 20.7. The van der Waals surface area contributed by atoms with Crippen LogP contribution in [0.1, 0.15) is 110 Å². The molecule has 10 aromatic carbocycles. The van der Waals surface area contributed by atoms with Gasteiger partial charge >= 0.3 is 0 Å². The van der Waals surface area contributed by atoms with Gasteiger partial charge in [-0.1, -0.05) is 240 Å². The molecule has 11 aromatic rings. The van der Waals surface area contributed by atoms with Gasteiger partial charge in [0.25, 0.3) is 0 Å². The summed E-state index contributed by atoms with van der Waals surface area (Å²) in [4.78, 5) is 2.45. The Morgan fingerprint density at radius 2 is 0.883 bits per heavy atom. The summed E-state index contributed by atoms with van der Waals surface area (Å²) in [7, 11) is 0. The van der Waals surface area contributed by atoms with Gasteiger partial charge in [-0.05, 0) is 159 Å². The van der Waals surface area contributed by atoms with E-state index in [1.165, 1.54) is 148 Å². The molecule has 2 aliphatic rings. The number of nitrogens with zero attached hydrogens (tertiary/aromatic N) is 1. The van der Waals surface area contributed by atoms with E-state index >= 15 is 0 Å². The molecular weight excluding hydrogens is 931 g/mol. The third kappa shape index (κ3) is 8.69. The van der Waals surface area contributed by atoms with Gasteiger partial charge < -0.3 is 9.32 Å². The van der Waals surface area contributed by atoms with Gasteiger partial charge in [-0.3, -0.25) is 0 Å². The molecule has 1 spiro atoms. The molecule has 77 heavy (non-hydrogen) atoms. The van der Waals surface area contributed by atoms with Gasteiger partial charge in [0.1, 0.15) is 11.2 Å². The Balaban J connectivity index is 0.860. The van der Waals surface area contributed by atoms with Gasteiger partial charge in [-0.2, -0.15) is 0 Å². The number of furan rings is 1. The highest BCUT2D eigenvalue weighted by Gasteiger charge is 2.51. The molecule has 0 unspecified atom stereocenters. The van der Waals surface area contributed by atoms with E-state index in [9.17, 15) is 0 Å². The average Bonchev–Trinajstić information content (AvgIpc) is 4.23. The van der Waals surface area contributed by atoms with Crippen LogP contribution in [-0.4, -0.2) is 0 Å². The maximum atomic E-state index is 6.55. The second-order valence-electron chi connectivity index (χ2n) is 22.0. The predicted octanol–water partition coefficient (Wildman–Crippen LogP) is 21.5. The lowest BCUT2D eigenvalue weighted by atomic mass is 9.70. The Bertz CT molecular complexity index is 3880. The molecule has 0 bridgehead atoms. The van der Waals surface area contributed by atoms with Crippen molar-refractivity contribution in [2.45, 2.75) is 96.8 Å². The smallest absolute Gasteiger partial charge is 0.143 e. The summed E-state index contributed by atoms with van der Waals surface area (Å²) in [6.07, 6.45) is 14.8. The maximum Gasteiger partial charge on any atom is 0.143 e. The van der Waals surface area contributed by atoms with E-state index in [4.69, 9.17) is 4.42 Å². The molecule has 1 heterocycles. The minimum atomic E-state index is -0.451. The van der Waals surface area contributed by atoms with E-state index < -0.39 is 5.41 Å². The molecular formula is C75H67NO. The number of hydrogen-bond donors (Lipinski definition) is 0. The highest BCUT2D eigenvalue weighted by atomic mass is 16.3. The Hall–Kier alpha value is -8.20. The first-order valence-electron chi connectivity index (χ1n) is 28.5. The Labute approximate surface area is 455 Å². The first kappa shape index (κ1) is 48.4. The molecule has 2 aliphatic carbocycles. The molecule has 0 amide bonds. The van der Waals surface area contributed by atoms with E-state index in [2.05, 4.69) is 238 Å². The summed E-state index contributed by atoms with van der Waals surface area (Å²) in [5.41, 5.74) is 26.5. The summed E-state index contributed by atoms with van der Waals surface area (Å²) in [6.45, 7) is 6.80. The van der Waals surface area contributed by atoms with Crippen LogP contribution in [0, 0.1) is 13.8 Å². The zero-order chi connectivity index (χ0) is 51.9. The van der Waals surface area contributed by atoms with Crippen LogP contribution in [0.3, 0.4) is 0 Å². The number of para-hydroxylation sites is 2. The summed E-state index contributed by atoms with van der Waals surface area (Å²) in [5, 5.41) is 2.27. The van der Waals surface area contributed by atoms with Crippen molar-refractivity contribution < 1.29 is 4.42 Å². The van der Waals surface area contributed by atoms with E-state index in [1.54, 1.807) is 0 Å². The lowest BCUT2D eigenvalue weighted by Crippen LogP contribution is -2.26. The summed E-state index contributed by atoms with van der Waals surface area (Å²) >= 11 is 0. The summed E-state index contributed by atoms with van der Waals surface area (Å²) < 4.78 is 6.55. The van der Waals surface area contributed by atoms with Crippen LogP contribution in [0.2, 0.25) is 0 Å². The fourth-order valence-corrected chi connectivity index (χ4v) is 13.3. The molecule has 0 saturated heterocycles. The topological polar surface area (TPSA) is 16.4 Å². The Morgan fingerprint density at radius 3 is 1.53 bits per heavy atom. The van der Waals surface area contributed by atoms with Crippen LogP contribution in [0.15, 0.2) is 223 Å². The van der Waals surface area contributed by atoms with Crippen molar-refractivity contribution in [3.8, 4) is 55.6 Å². The Morgan fingerprint density at radius 1 is 0.364 bits per heavy atom. The molecule has 2 nitrogen and oxygen atoms in total. The van der Waals surface area contributed by atoms with Crippen molar-refractivity contribution in [2.24, 2.45) is 0 Å². The van der Waals surface area contributed by atoms with Crippen molar-refractivity contribution in [3.63, 3.8) is 0 Å². The SMILES string of the molecule is CCCCCCCCCCCCc1cc(C)cc(-c2ccc(C)c(-c3ccc(N(c4ccc(-c5cccc6c5oc5ccccc56)cc4)c4ccc5c(c4)C4(c6ccccc6-c6ccccc64)c4ccccc4-5)cc3)c2)c1. The number of anilines is 3. The number of rotatable bonds is 17. The maximum absolute atomic E-state index is 6.55. The largest absolute Gasteiger partial charge is 0.455 e. The van der Waals surface area contributed by atoms with Crippen LogP contribution in [0.5, 0.6) is 0 Å². The van der Waals surface area contributed by atoms with Crippen LogP contribution in [0.4, 0.5) is 17.1 Å². The molecule has 378 valence electrons. The number of unbranched alkanes of at least 4 members (excludes halogenated alkanes) is 9. The first-order chi connectivity index (χ1) is 38.0. The zero-order valence-corrected chi connectivity index (χ0v) is 44.9. The van der Waals surface area contributed by atoms with Crippen molar-refractivity contribution in [1.29, 1.82) is 0 Å². The van der Waals surface area contributed by atoms with E-state index in [1.807, 2.05) is 6.07 Å². The van der Waals surface area contributed by atoms with Crippen molar-refractivity contribution >= 4 is 39.0 Å². The normalized spacial score (nSPS) is 12.8. The van der Waals surface area contributed by atoms with Crippen molar-refractivity contribution in [1.82, 2.24) is 0 Å². The van der Waals surface area contributed by atoms with Gasteiger partial charge in [0.2, 0.25) is 0 Å². The lowest BCUT2D eigenvalue weighted by Gasteiger charge is -2.32. The molecule has 1 aromatic heterocycles. The van der Waals surface area contributed by atoms with Gasteiger partial charge in [-0.25, -0.2) is 0 Å². The fraction of sp³-hybridized carbons (Fsp3) is 0.200. The number of aryl methyl sites for hydroxylation is 3. The van der Waals surface area contributed by atoms with Crippen molar-refractivity contribution in [2.75, 3.05) is 4.90 Å². The summed E-state index contributed by atoms with van der Waals surface area (Å²) in [6, 6.07) is 81.9. The Kier molecular flexibility index (Phi) is 13.0. The second-order valence-corrected chi connectivity index (χ2v) is 22.0. The molecule has 13 rings (SSSR count). The van der Waals surface area contributed by atoms with E-state index in [-0.39, 0.29) is 0 Å². The van der Waals surface area contributed by atoms with Crippen LogP contribution < -0.4 is 4.90 Å². The van der Waals surface area contributed by atoms with Gasteiger partial charge in [-0.15, -0.1) is 0 Å².